The number of allylic oxidation sites excluding steroid dienone is 2. The fourth-order valence-corrected chi connectivity index (χ4v) is 5.61. The first-order valence-corrected chi connectivity index (χ1v) is 12.4. The lowest BCUT2D eigenvalue weighted by Crippen LogP contribution is -2.49. The van der Waals surface area contributed by atoms with Crippen molar-refractivity contribution in [2.24, 2.45) is 5.41 Å². The Hall–Kier alpha value is -4.26. The highest BCUT2D eigenvalue weighted by Gasteiger charge is 2.50. The molecule has 7 heteroatoms. The van der Waals surface area contributed by atoms with Gasteiger partial charge in [0.25, 0.3) is 5.91 Å². The van der Waals surface area contributed by atoms with E-state index in [0.717, 1.165) is 39.6 Å². The molecule has 7 nitrogen and oxygen atoms in total. The van der Waals surface area contributed by atoms with Crippen molar-refractivity contribution >= 4 is 28.4 Å². The van der Waals surface area contributed by atoms with E-state index in [1.165, 1.54) is 0 Å². The molecule has 1 aliphatic heterocycles. The number of Topliss-reactive ketones (excluding diaryl/α,β-unsaturated/α-hetero) is 1. The summed E-state index contributed by atoms with van der Waals surface area (Å²) in [7, 11) is 0. The van der Waals surface area contributed by atoms with Crippen molar-refractivity contribution in [1.29, 1.82) is 0 Å². The van der Waals surface area contributed by atoms with E-state index in [-0.39, 0.29) is 18.7 Å². The third kappa shape index (κ3) is 4.53. The summed E-state index contributed by atoms with van der Waals surface area (Å²) in [5.41, 5.74) is 3.10. The Morgan fingerprint density at radius 2 is 1.86 bits per heavy atom. The maximum Gasteiger partial charge on any atom is 0.326 e. The van der Waals surface area contributed by atoms with Gasteiger partial charge >= 0.3 is 5.97 Å². The number of fused-ring (bicyclic) bond motifs is 1. The van der Waals surface area contributed by atoms with Crippen LogP contribution in [0.15, 0.2) is 78.1 Å². The number of aliphatic carboxylic acids is 1. The average molecular weight is 496 g/mol. The number of amides is 1. The number of nitrogens with one attached hydrogen (secondary N) is 2. The zero-order valence-corrected chi connectivity index (χ0v) is 20.9. The van der Waals surface area contributed by atoms with Gasteiger partial charge in [-0.25, -0.2) is 4.79 Å². The highest BCUT2D eigenvalue weighted by Crippen LogP contribution is 2.45. The zero-order chi connectivity index (χ0) is 26.2. The van der Waals surface area contributed by atoms with Gasteiger partial charge in [0.15, 0.2) is 5.78 Å². The number of hydrogen-bond donors (Lipinski definition) is 3. The van der Waals surface area contributed by atoms with E-state index < -0.39 is 23.3 Å². The molecule has 37 heavy (non-hydrogen) atoms. The van der Waals surface area contributed by atoms with E-state index in [2.05, 4.69) is 15.6 Å². The number of nitrogens with zero attached hydrogens (tertiary/aromatic N) is 1. The molecule has 0 bridgehead atoms. The number of benzene rings is 2. The SMILES string of the molecule is Cc1cc(C)cc(C(=O)N[C@@H](CC2(C(=O)c3nccc4ccccc34)CNC3=C2CCC=C3)C(=O)O)c1. The number of ketones is 1. The molecule has 0 saturated heterocycles. The van der Waals surface area contributed by atoms with Crippen LogP contribution in [-0.2, 0) is 4.79 Å². The van der Waals surface area contributed by atoms with Crippen molar-refractivity contribution in [1.82, 2.24) is 15.6 Å². The van der Waals surface area contributed by atoms with Gasteiger partial charge in [0.1, 0.15) is 11.7 Å². The molecule has 3 aromatic rings. The van der Waals surface area contributed by atoms with Crippen LogP contribution in [0.1, 0.15) is 51.2 Å². The molecule has 0 radical (unpaired) electrons. The van der Waals surface area contributed by atoms with Crippen LogP contribution in [-0.4, -0.2) is 40.3 Å². The molecular formula is C30H29N3O4. The minimum atomic E-state index is -1.27. The molecular weight excluding hydrogens is 466 g/mol. The predicted octanol–water partition coefficient (Wildman–Crippen LogP) is 4.50. The smallest absolute Gasteiger partial charge is 0.326 e. The van der Waals surface area contributed by atoms with E-state index >= 15 is 0 Å². The molecule has 0 spiro atoms. The summed E-state index contributed by atoms with van der Waals surface area (Å²) in [6.45, 7) is 4.02. The van der Waals surface area contributed by atoms with Crippen molar-refractivity contribution in [3.63, 3.8) is 0 Å². The standard InChI is InChI=1S/C30H29N3O4/c1-18-13-19(2)15-21(14-18)28(35)33-25(29(36)37)16-30(17-32-24-10-6-5-9-23(24)30)27(34)26-22-8-4-3-7-20(22)11-12-31-26/h3-4,6-8,10-15,25,32H,5,9,16-17H2,1-2H3,(H,33,35)(H,36,37)/t25-,30?/m0/s1. The quantitative estimate of drug-likeness (QED) is 0.417. The van der Waals surface area contributed by atoms with Crippen LogP contribution < -0.4 is 10.6 Å². The molecule has 0 fully saturated rings. The average Bonchev–Trinajstić information content (AvgIpc) is 3.26. The molecule has 2 aliphatic rings. The predicted molar refractivity (Wildman–Crippen MR) is 141 cm³/mol. The Labute approximate surface area is 215 Å². The highest BCUT2D eigenvalue weighted by atomic mass is 16.4. The van der Waals surface area contributed by atoms with Gasteiger partial charge in [-0.2, -0.15) is 0 Å². The fraction of sp³-hybridized carbons (Fsp3) is 0.267. The lowest BCUT2D eigenvalue weighted by atomic mass is 9.69. The number of rotatable bonds is 7. The largest absolute Gasteiger partial charge is 0.480 e. The minimum absolute atomic E-state index is 0.0811. The molecule has 1 amide bonds. The summed E-state index contributed by atoms with van der Waals surface area (Å²) < 4.78 is 0. The van der Waals surface area contributed by atoms with Gasteiger partial charge in [0.2, 0.25) is 0 Å². The van der Waals surface area contributed by atoms with Crippen molar-refractivity contribution < 1.29 is 19.5 Å². The van der Waals surface area contributed by atoms with Crippen LogP contribution in [0.4, 0.5) is 0 Å². The second-order valence-electron chi connectivity index (χ2n) is 9.92. The van der Waals surface area contributed by atoms with Crippen LogP contribution in [0.3, 0.4) is 0 Å². The number of carboxylic acid groups (broad SMARTS) is 1. The lowest BCUT2D eigenvalue weighted by molar-refractivity contribution is -0.139. The van der Waals surface area contributed by atoms with Crippen molar-refractivity contribution in [3.8, 4) is 0 Å². The first-order chi connectivity index (χ1) is 17.8. The number of hydrogen-bond acceptors (Lipinski definition) is 5. The van der Waals surface area contributed by atoms with E-state index in [9.17, 15) is 19.5 Å². The molecule has 188 valence electrons. The van der Waals surface area contributed by atoms with E-state index in [0.29, 0.717) is 17.7 Å². The molecule has 5 rings (SSSR count). The molecule has 0 saturated carbocycles. The van der Waals surface area contributed by atoms with Gasteiger partial charge in [-0.05, 0) is 68.3 Å². The monoisotopic (exact) mass is 495 g/mol. The number of carbonyl (C=O) groups excluding carboxylic acids is 2. The van der Waals surface area contributed by atoms with Crippen LogP contribution in [0, 0.1) is 19.3 Å². The molecule has 2 heterocycles. The van der Waals surface area contributed by atoms with Gasteiger partial charge in [0.05, 0.1) is 5.41 Å². The molecule has 1 aromatic heterocycles. The summed E-state index contributed by atoms with van der Waals surface area (Å²) in [5.74, 6) is -1.89. The number of aromatic nitrogens is 1. The second kappa shape index (κ2) is 9.65. The van der Waals surface area contributed by atoms with Crippen molar-refractivity contribution in [2.45, 2.75) is 39.2 Å². The van der Waals surface area contributed by atoms with E-state index in [4.69, 9.17) is 0 Å². The summed E-state index contributed by atoms with van der Waals surface area (Å²) in [4.78, 5) is 44.4. The summed E-state index contributed by atoms with van der Waals surface area (Å²) >= 11 is 0. The lowest BCUT2D eigenvalue weighted by Gasteiger charge is -2.33. The first kappa shape index (κ1) is 24.4. The third-order valence-corrected chi connectivity index (χ3v) is 7.29. The van der Waals surface area contributed by atoms with Crippen LogP contribution in [0.2, 0.25) is 0 Å². The normalized spacial score (nSPS) is 19.3. The molecule has 1 aliphatic carbocycles. The van der Waals surface area contributed by atoms with Crippen molar-refractivity contribution in [2.75, 3.05) is 6.54 Å². The highest BCUT2D eigenvalue weighted by molar-refractivity contribution is 6.11. The second-order valence-corrected chi connectivity index (χ2v) is 9.92. The Balaban J connectivity index is 1.55. The first-order valence-electron chi connectivity index (χ1n) is 12.4. The number of carbonyl (C=O) groups is 3. The minimum Gasteiger partial charge on any atom is -0.480 e. The van der Waals surface area contributed by atoms with E-state index in [1.54, 1.807) is 18.3 Å². The summed E-state index contributed by atoms with van der Waals surface area (Å²) in [6.07, 6.45) is 6.91. The van der Waals surface area contributed by atoms with Crippen LogP contribution in [0.25, 0.3) is 10.8 Å². The van der Waals surface area contributed by atoms with Gasteiger partial charge in [-0.15, -0.1) is 0 Å². The van der Waals surface area contributed by atoms with E-state index in [1.807, 2.05) is 62.4 Å². The third-order valence-electron chi connectivity index (χ3n) is 7.29. The number of carboxylic acids is 1. The molecule has 2 aromatic carbocycles. The van der Waals surface area contributed by atoms with Gasteiger partial charge in [0, 0.05) is 29.4 Å². The Morgan fingerprint density at radius 1 is 1.11 bits per heavy atom. The molecule has 1 unspecified atom stereocenters. The zero-order valence-electron chi connectivity index (χ0n) is 20.9. The maximum atomic E-state index is 14.4. The summed E-state index contributed by atoms with van der Waals surface area (Å²) in [6, 6.07) is 13.5. The van der Waals surface area contributed by atoms with Gasteiger partial charge in [-0.3, -0.25) is 14.6 Å². The van der Waals surface area contributed by atoms with Crippen molar-refractivity contribution in [3.05, 3.63) is 101 Å². The Bertz CT molecular complexity index is 1460. The Kier molecular flexibility index (Phi) is 6.38. The maximum absolute atomic E-state index is 14.4. The molecule has 2 atom stereocenters. The topological polar surface area (TPSA) is 108 Å². The molecule has 3 N–H and O–H groups in total. The summed E-state index contributed by atoms with van der Waals surface area (Å²) in [5, 5.41) is 17.8. The number of pyridine rings is 1. The van der Waals surface area contributed by atoms with Crippen LogP contribution in [0.5, 0.6) is 0 Å². The van der Waals surface area contributed by atoms with Gasteiger partial charge < -0.3 is 15.7 Å². The Morgan fingerprint density at radius 3 is 2.62 bits per heavy atom. The fourth-order valence-electron chi connectivity index (χ4n) is 5.61. The van der Waals surface area contributed by atoms with Gasteiger partial charge in [-0.1, -0.05) is 47.5 Å². The number of aryl methyl sites for hydroxylation is 2. The van der Waals surface area contributed by atoms with Crippen LogP contribution >= 0.6 is 0 Å².